The molecule has 0 amide bonds. The number of rotatable bonds is 5. The Bertz CT molecular complexity index is 475. The Labute approximate surface area is 121 Å². The number of aromatic nitrogens is 4. The normalized spacial score (nSPS) is 27.2. The number of carbonyl (C=O) groups is 1. The summed E-state index contributed by atoms with van der Waals surface area (Å²) in [6.45, 7) is 0. The molecule has 2 heterocycles. The zero-order valence-corrected chi connectivity index (χ0v) is 12.0. The summed E-state index contributed by atoms with van der Waals surface area (Å²) in [4.78, 5) is 10.8. The van der Waals surface area contributed by atoms with Crippen molar-refractivity contribution in [2.45, 2.75) is 61.9 Å². The molecule has 3 rings (SSSR count). The second-order valence-corrected chi connectivity index (χ2v) is 6.30. The van der Waals surface area contributed by atoms with Crippen LogP contribution < -0.4 is 0 Å². The second-order valence-electron chi connectivity index (χ2n) is 5.32. The molecule has 1 aliphatic heterocycles. The van der Waals surface area contributed by atoms with E-state index in [9.17, 15) is 4.79 Å². The Morgan fingerprint density at radius 3 is 2.85 bits per heavy atom. The van der Waals surface area contributed by atoms with Crippen LogP contribution in [0.4, 0.5) is 0 Å². The number of ether oxygens (including phenoxy) is 1. The van der Waals surface area contributed by atoms with Gasteiger partial charge in [-0.2, -0.15) is 0 Å². The quantitative estimate of drug-likeness (QED) is 0.824. The summed E-state index contributed by atoms with van der Waals surface area (Å²) in [6.07, 6.45) is 5.46. The fourth-order valence-corrected chi connectivity index (χ4v) is 3.83. The molecular weight excluding hydrogens is 280 g/mol. The molecule has 1 saturated carbocycles. The molecule has 1 aromatic rings. The summed E-state index contributed by atoms with van der Waals surface area (Å²) >= 11 is 1.56. The molecule has 8 heteroatoms. The lowest BCUT2D eigenvalue weighted by molar-refractivity contribution is -0.148. The number of thioether (sulfide) groups is 1. The number of hydrogen-bond acceptors (Lipinski definition) is 6. The highest BCUT2D eigenvalue weighted by Gasteiger charge is 2.31. The number of carboxylic acid groups (broad SMARTS) is 1. The van der Waals surface area contributed by atoms with E-state index < -0.39 is 12.1 Å². The fourth-order valence-electron chi connectivity index (χ4n) is 2.84. The van der Waals surface area contributed by atoms with Gasteiger partial charge in [-0.15, -0.1) is 5.10 Å². The van der Waals surface area contributed by atoms with Crippen LogP contribution in [0.15, 0.2) is 5.16 Å². The van der Waals surface area contributed by atoms with Crippen LogP contribution in [-0.2, 0) is 9.53 Å². The van der Waals surface area contributed by atoms with E-state index >= 15 is 0 Å². The SMILES string of the molecule is O=C(O)C1CCC(CSc2nnnn2C2CCCC2)O1. The highest BCUT2D eigenvalue weighted by molar-refractivity contribution is 7.99. The first-order chi connectivity index (χ1) is 9.74. The van der Waals surface area contributed by atoms with Crippen LogP contribution in [0, 0.1) is 0 Å². The monoisotopic (exact) mass is 298 g/mol. The lowest BCUT2D eigenvalue weighted by Crippen LogP contribution is -2.21. The van der Waals surface area contributed by atoms with Gasteiger partial charge in [0.15, 0.2) is 6.10 Å². The highest BCUT2D eigenvalue weighted by Crippen LogP contribution is 2.32. The van der Waals surface area contributed by atoms with Crippen molar-refractivity contribution in [3.8, 4) is 0 Å². The molecule has 2 atom stereocenters. The molecule has 110 valence electrons. The summed E-state index contributed by atoms with van der Waals surface area (Å²) in [5, 5.41) is 21.6. The molecule has 1 saturated heterocycles. The Kier molecular flexibility index (Phi) is 4.21. The van der Waals surface area contributed by atoms with Crippen molar-refractivity contribution < 1.29 is 14.6 Å². The predicted octanol–water partition coefficient (Wildman–Crippen LogP) is 1.51. The standard InChI is InChI=1S/C12H18N4O3S/c17-11(18)10-6-5-9(19-10)7-20-12-13-14-15-16(12)8-3-1-2-4-8/h8-10H,1-7H2,(H,17,18). The second kappa shape index (κ2) is 6.09. The van der Waals surface area contributed by atoms with Gasteiger partial charge in [0.25, 0.3) is 0 Å². The molecule has 2 fully saturated rings. The van der Waals surface area contributed by atoms with Crippen LogP contribution in [0.3, 0.4) is 0 Å². The average molecular weight is 298 g/mol. The molecular formula is C12H18N4O3S. The number of hydrogen-bond donors (Lipinski definition) is 1. The van der Waals surface area contributed by atoms with E-state index in [4.69, 9.17) is 9.84 Å². The van der Waals surface area contributed by atoms with Crippen molar-refractivity contribution in [3.05, 3.63) is 0 Å². The van der Waals surface area contributed by atoms with Crippen LogP contribution >= 0.6 is 11.8 Å². The van der Waals surface area contributed by atoms with Crippen LogP contribution in [0.1, 0.15) is 44.6 Å². The van der Waals surface area contributed by atoms with E-state index in [0.29, 0.717) is 18.2 Å². The summed E-state index contributed by atoms with van der Waals surface area (Å²) in [7, 11) is 0. The zero-order chi connectivity index (χ0) is 13.9. The van der Waals surface area contributed by atoms with Crippen LogP contribution in [0.25, 0.3) is 0 Å². The third kappa shape index (κ3) is 2.95. The first-order valence-electron chi connectivity index (χ1n) is 7.03. The maximum absolute atomic E-state index is 10.8. The Morgan fingerprint density at radius 1 is 1.35 bits per heavy atom. The van der Waals surface area contributed by atoms with E-state index in [1.807, 2.05) is 4.68 Å². The number of tetrazole rings is 1. The molecule has 20 heavy (non-hydrogen) atoms. The van der Waals surface area contributed by atoms with Crippen LogP contribution in [0.5, 0.6) is 0 Å². The average Bonchev–Trinajstić information content (AvgIpc) is 3.17. The fraction of sp³-hybridized carbons (Fsp3) is 0.833. The van der Waals surface area contributed by atoms with Crippen molar-refractivity contribution in [1.29, 1.82) is 0 Å². The lowest BCUT2D eigenvalue weighted by atomic mass is 10.2. The highest BCUT2D eigenvalue weighted by atomic mass is 32.2. The first-order valence-corrected chi connectivity index (χ1v) is 8.01. The van der Waals surface area contributed by atoms with Gasteiger partial charge < -0.3 is 9.84 Å². The number of carboxylic acids is 1. The minimum absolute atomic E-state index is 0.0187. The molecule has 0 spiro atoms. The van der Waals surface area contributed by atoms with Crippen molar-refractivity contribution in [1.82, 2.24) is 20.2 Å². The van der Waals surface area contributed by atoms with E-state index in [1.54, 1.807) is 11.8 Å². The number of nitrogens with zero attached hydrogens (tertiary/aromatic N) is 4. The summed E-state index contributed by atoms with van der Waals surface area (Å²) in [5.41, 5.74) is 0. The molecule has 1 aliphatic carbocycles. The predicted molar refractivity (Wildman–Crippen MR) is 71.6 cm³/mol. The van der Waals surface area contributed by atoms with E-state index in [2.05, 4.69) is 15.5 Å². The van der Waals surface area contributed by atoms with Gasteiger partial charge in [-0.1, -0.05) is 24.6 Å². The molecule has 2 aliphatic rings. The summed E-state index contributed by atoms with van der Waals surface area (Å²) in [5.74, 6) is -0.162. The topological polar surface area (TPSA) is 90.1 Å². The molecule has 0 bridgehead atoms. The van der Waals surface area contributed by atoms with Gasteiger partial charge in [0.2, 0.25) is 5.16 Å². The molecule has 0 aromatic carbocycles. The van der Waals surface area contributed by atoms with E-state index in [1.165, 1.54) is 12.8 Å². The van der Waals surface area contributed by atoms with E-state index in [0.717, 1.165) is 24.4 Å². The van der Waals surface area contributed by atoms with Crippen LogP contribution in [0.2, 0.25) is 0 Å². The van der Waals surface area contributed by atoms with Gasteiger partial charge in [0, 0.05) is 5.75 Å². The number of aliphatic carboxylic acids is 1. The molecule has 0 radical (unpaired) electrons. The van der Waals surface area contributed by atoms with Gasteiger partial charge in [0.05, 0.1) is 12.1 Å². The minimum atomic E-state index is -0.867. The minimum Gasteiger partial charge on any atom is -0.479 e. The molecule has 1 aromatic heterocycles. The maximum Gasteiger partial charge on any atom is 0.332 e. The maximum atomic E-state index is 10.8. The first kappa shape index (κ1) is 13.8. The lowest BCUT2D eigenvalue weighted by Gasteiger charge is -2.13. The molecule has 7 nitrogen and oxygen atoms in total. The summed E-state index contributed by atoms with van der Waals surface area (Å²) in [6, 6.07) is 0.420. The largest absolute Gasteiger partial charge is 0.479 e. The molecule has 2 unspecified atom stereocenters. The zero-order valence-electron chi connectivity index (χ0n) is 11.1. The Morgan fingerprint density at radius 2 is 2.15 bits per heavy atom. The Balaban J connectivity index is 1.54. The summed E-state index contributed by atoms with van der Waals surface area (Å²) < 4.78 is 7.41. The third-order valence-corrected chi connectivity index (χ3v) is 4.98. The van der Waals surface area contributed by atoms with Gasteiger partial charge in [-0.25, -0.2) is 9.48 Å². The van der Waals surface area contributed by atoms with Crippen LogP contribution in [-0.4, -0.2) is 49.2 Å². The smallest absolute Gasteiger partial charge is 0.332 e. The Hall–Kier alpha value is -1.15. The van der Waals surface area contributed by atoms with Gasteiger partial charge in [0.1, 0.15) is 0 Å². The van der Waals surface area contributed by atoms with Crippen molar-refractivity contribution in [3.63, 3.8) is 0 Å². The van der Waals surface area contributed by atoms with Gasteiger partial charge >= 0.3 is 5.97 Å². The third-order valence-electron chi connectivity index (χ3n) is 3.91. The van der Waals surface area contributed by atoms with Crippen molar-refractivity contribution in [2.24, 2.45) is 0 Å². The van der Waals surface area contributed by atoms with Gasteiger partial charge in [-0.05, 0) is 36.1 Å². The van der Waals surface area contributed by atoms with E-state index in [-0.39, 0.29) is 6.10 Å². The van der Waals surface area contributed by atoms with Gasteiger partial charge in [-0.3, -0.25) is 0 Å². The van der Waals surface area contributed by atoms with Crippen molar-refractivity contribution >= 4 is 17.7 Å². The molecule has 1 N–H and O–H groups in total. The van der Waals surface area contributed by atoms with Crippen molar-refractivity contribution in [2.75, 3.05) is 5.75 Å².